The van der Waals surface area contributed by atoms with Gasteiger partial charge in [-0.15, -0.1) is 0 Å². The first-order valence-corrected chi connectivity index (χ1v) is 9.06. The van der Waals surface area contributed by atoms with Crippen molar-refractivity contribution in [2.45, 2.75) is 72.9 Å². The molecule has 0 aliphatic carbocycles. The molecule has 1 aliphatic rings. The third kappa shape index (κ3) is 5.60. The van der Waals surface area contributed by atoms with Crippen LogP contribution in [0.2, 0.25) is 0 Å². The molecule has 1 aromatic rings. The van der Waals surface area contributed by atoms with Crippen molar-refractivity contribution in [2.75, 3.05) is 13.1 Å². The number of aromatic nitrogens is 2. The second-order valence-corrected chi connectivity index (χ2v) is 7.38. The molecule has 0 spiro atoms. The van der Waals surface area contributed by atoms with Crippen LogP contribution in [0.25, 0.3) is 0 Å². The normalized spacial score (nSPS) is 17.0. The molecule has 0 saturated heterocycles. The summed E-state index contributed by atoms with van der Waals surface area (Å²) in [4.78, 5) is 14.5. The van der Waals surface area contributed by atoms with Crippen LogP contribution in [0, 0.1) is 5.92 Å². The summed E-state index contributed by atoms with van der Waals surface area (Å²) >= 11 is 0. The lowest BCUT2D eigenvalue weighted by Crippen LogP contribution is -2.35. The summed E-state index contributed by atoms with van der Waals surface area (Å²) in [7, 11) is 0. The maximum Gasteiger partial charge on any atom is 0.249 e. The topological polar surface area (TPSA) is 59.4 Å². The maximum atomic E-state index is 12.0. The second kappa shape index (κ2) is 8.62. The van der Waals surface area contributed by atoms with E-state index < -0.39 is 6.10 Å². The minimum absolute atomic E-state index is 0.0429. The molecule has 24 heavy (non-hydrogen) atoms. The Morgan fingerprint density at radius 3 is 2.71 bits per heavy atom. The van der Waals surface area contributed by atoms with Gasteiger partial charge in [0.2, 0.25) is 5.91 Å². The zero-order valence-electron chi connectivity index (χ0n) is 15.7. The Morgan fingerprint density at radius 2 is 2.04 bits per heavy atom. The van der Waals surface area contributed by atoms with Gasteiger partial charge in [0.25, 0.3) is 0 Å². The molecule has 0 aromatic carbocycles. The van der Waals surface area contributed by atoms with E-state index in [4.69, 9.17) is 4.74 Å². The highest BCUT2D eigenvalue weighted by atomic mass is 16.5. The van der Waals surface area contributed by atoms with Crippen molar-refractivity contribution in [2.24, 2.45) is 5.92 Å². The highest BCUT2D eigenvalue weighted by Gasteiger charge is 2.19. The molecular weight excluding hydrogens is 304 g/mol. The number of fused-ring (bicyclic) bond motifs is 1. The van der Waals surface area contributed by atoms with Gasteiger partial charge in [-0.2, -0.15) is 5.10 Å². The number of rotatable bonds is 7. The number of ether oxygens (including phenoxy) is 1. The van der Waals surface area contributed by atoms with Crippen molar-refractivity contribution in [3.8, 4) is 0 Å². The van der Waals surface area contributed by atoms with Gasteiger partial charge >= 0.3 is 0 Å². The zero-order chi connectivity index (χ0) is 17.7. The van der Waals surface area contributed by atoms with E-state index in [9.17, 15) is 4.79 Å². The Morgan fingerprint density at radius 1 is 1.29 bits per heavy atom. The summed E-state index contributed by atoms with van der Waals surface area (Å²) in [5, 5.41) is 7.57. The smallest absolute Gasteiger partial charge is 0.249 e. The summed E-state index contributed by atoms with van der Waals surface area (Å²) in [6.45, 7) is 14.7. The van der Waals surface area contributed by atoms with E-state index >= 15 is 0 Å². The number of aryl methyl sites for hydroxylation is 1. The molecule has 136 valence electrons. The van der Waals surface area contributed by atoms with Crippen LogP contribution in [-0.2, 0) is 29.2 Å². The van der Waals surface area contributed by atoms with Gasteiger partial charge in [-0.1, -0.05) is 13.8 Å². The van der Waals surface area contributed by atoms with Crippen LogP contribution >= 0.6 is 0 Å². The van der Waals surface area contributed by atoms with Crippen molar-refractivity contribution in [1.82, 2.24) is 20.0 Å². The van der Waals surface area contributed by atoms with E-state index in [1.165, 1.54) is 5.69 Å². The average Bonchev–Trinajstić information content (AvgIpc) is 2.76. The first-order valence-electron chi connectivity index (χ1n) is 9.06. The Bertz CT molecular complexity index is 539. The molecule has 0 radical (unpaired) electrons. The predicted molar refractivity (Wildman–Crippen MR) is 94.5 cm³/mol. The lowest BCUT2D eigenvalue weighted by Gasteiger charge is -2.21. The van der Waals surface area contributed by atoms with Crippen LogP contribution in [0.5, 0.6) is 0 Å². The van der Waals surface area contributed by atoms with E-state index in [2.05, 4.69) is 39.9 Å². The van der Waals surface area contributed by atoms with E-state index in [0.717, 1.165) is 38.3 Å². The first-order chi connectivity index (χ1) is 11.3. The van der Waals surface area contributed by atoms with Crippen LogP contribution < -0.4 is 5.32 Å². The van der Waals surface area contributed by atoms with E-state index in [0.29, 0.717) is 12.5 Å². The Labute approximate surface area is 145 Å². The summed E-state index contributed by atoms with van der Waals surface area (Å²) in [6, 6.07) is 2.12. The van der Waals surface area contributed by atoms with Crippen molar-refractivity contribution in [1.29, 1.82) is 0 Å². The number of amides is 1. The zero-order valence-corrected chi connectivity index (χ0v) is 15.7. The third-order valence-corrected chi connectivity index (χ3v) is 4.06. The summed E-state index contributed by atoms with van der Waals surface area (Å²) in [5.41, 5.74) is 2.16. The number of carbonyl (C=O) groups excluding carboxylic acids is 1. The Balaban J connectivity index is 1.91. The van der Waals surface area contributed by atoms with Crippen LogP contribution in [0.4, 0.5) is 0 Å². The Kier molecular flexibility index (Phi) is 6.80. The molecule has 0 saturated carbocycles. The van der Waals surface area contributed by atoms with Crippen LogP contribution in [-0.4, -0.2) is 45.9 Å². The highest BCUT2D eigenvalue weighted by Crippen LogP contribution is 2.15. The van der Waals surface area contributed by atoms with Crippen molar-refractivity contribution in [3.05, 3.63) is 17.5 Å². The minimum atomic E-state index is -0.438. The van der Waals surface area contributed by atoms with Gasteiger partial charge < -0.3 is 10.1 Å². The molecule has 6 nitrogen and oxygen atoms in total. The van der Waals surface area contributed by atoms with Crippen LogP contribution in [0.1, 0.15) is 52.4 Å². The molecule has 2 rings (SSSR count). The monoisotopic (exact) mass is 336 g/mol. The van der Waals surface area contributed by atoms with Gasteiger partial charge in [-0.05, 0) is 39.2 Å². The summed E-state index contributed by atoms with van der Waals surface area (Å²) in [5.74, 6) is 0.578. The molecule has 1 aromatic heterocycles. The van der Waals surface area contributed by atoms with Crippen molar-refractivity contribution < 1.29 is 9.53 Å². The van der Waals surface area contributed by atoms with Crippen molar-refractivity contribution >= 4 is 5.91 Å². The summed E-state index contributed by atoms with van der Waals surface area (Å²) in [6.07, 6.45) is 0.722. The third-order valence-electron chi connectivity index (χ3n) is 4.06. The van der Waals surface area contributed by atoms with Crippen molar-refractivity contribution in [3.63, 3.8) is 0 Å². The summed E-state index contributed by atoms with van der Waals surface area (Å²) < 4.78 is 7.60. The fourth-order valence-corrected chi connectivity index (χ4v) is 3.14. The Hall–Kier alpha value is -1.40. The van der Waals surface area contributed by atoms with E-state index in [1.54, 1.807) is 6.92 Å². The molecule has 1 amide bonds. The lowest BCUT2D eigenvalue weighted by molar-refractivity contribution is -0.134. The van der Waals surface area contributed by atoms with Gasteiger partial charge in [0.05, 0.1) is 24.0 Å². The quantitative estimate of drug-likeness (QED) is 0.829. The van der Waals surface area contributed by atoms with Crippen LogP contribution in [0.15, 0.2) is 6.07 Å². The maximum absolute atomic E-state index is 12.0. The largest absolute Gasteiger partial charge is 0.366 e. The average molecular weight is 336 g/mol. The number of hydrogen-bond acceptors (Lipinski definition) is 4. The van der Waals surface area contributed by atoms with Gasteiger partial charge in [-0.3, -0.25) is 14.4 Å². The number of nitrogens with one attached hydrogen (secondary N) is 1. The van der Waals surface area contributed by atoms with Crippen LogP contribution in [0.3, 0.4) is 0 Å². The molecule has 1 aliphatic heterocycles. The highest BCUT2D eigenvalue weighted by molar-refractivity contribution is 5.80. The molecule has 0 bridgehead atoms. The molecule has 0 fully saturated rings. The predicted octanol–water partition coefficient (Wildman–Crippen LogP) is 2.17. The standard InChI is InChI=1S/C18H32N4O2/c1-13(2)11-21-7-6-8-22-17(12-21)9-16(20-22)10-19-18(23)15(5)24-14(3)4/h9,13-15H,6-8,10-12H2,1-5H3,(H,19,23)/t15-/m0/s1. The second-order valence-electron chi connectivity index (χ2n) is 7.38. The van der Waals surface area contributed by atoms with Gasteiger partial charge in [0.15, 0.2) is 0 Å². The molecule has 1 N–H and O–H groups in total. The molecule has 0 unspecified atom stereocenters. The molecule has 1 atom stereocenters. The van der Waals surface area contributed by atoms with E-state index in [1.807, 2.05) is 13.8 Å². The molecule has 2 heterocycles. The molecular formula is C18H32N4O2. The first kappa shape index (κ1) is 18.9. The molecule has 6 heteroatoms. The van der Waals surface area contributed by atoms with Gasteiger partial charge in [-0.25, -0.2) is 0 Å². The van der Waals surface area contributed by atoms with E-state index in [-0.39, 0.29) is 12.0 Å². The number of nitrogens with zero attached hydrogens (tertiary/aromatic N) is 3. The SMILES string of the molecule is CC(C)CN1CCCn2nc(CNC(=O)[C@H](C)OC(C)C)cc2C1. The number of carbonyl (C=O) groups is 1. The minimum Gasteiger partial charge on any atom is -0.366 e. The lowest BCUT2D eigenvalue weighted by atomic mass is 10.2. The number of hydrogen-bond donors (Lipinski definition) is 1. The van der Waals surface area contributed by atoms with Gasteiger partial charge in [0.1, 0.15) is 6.10 Å². The van der Waals surface area contributed by atoms with Gasteiger partial charge in [0, 0.05) is 26.2 Å². The fraction of sp³-hybridized carbons (Fsp3) is 0.778. The fourth-order valence-electron chi connectivity index (χ4n) is 3.14.